The Morgan fingerprint density at radius 1 is 1.37 bits per heavy atom. The van der Waals surface area contributed by atoms with Gasteiger partial charge < -0.3 is 20.7 Å². The molecule has 0 aromatic carbocycles. The first-order chi connectivity index (χ1) is 14.4. The molecule has 0 unspecified atom stereocenters. The average Bonchev–Trinajstić information content (AvgIpc) is 3.25. The lowest BCUT2D eigenvalue weighted by molar-refractivity contribution is -0.118. The van der Waals surface area contributed by atoms with Gasteiger partial charge in [-0.1, -0.05) is 13.0 Å². The molecule has 10 nitrogen and oxygen atoms in total. The summed E-state index contributed by atoms with van der Waals surface area (Å²) in [6, 6.07) is 3.51. The van der Waals surface area contributed by atoms with Crippen LogP contribution in [0.5, 0.6) is 0 Å². The predicted molar refractivity (Wildman–Crippen MR) is 116 cm³/mol. The van der Waals surface area contributed by atoms with Crippen LogP contribution in [0.4, 0.5) is 11.5 Å². The average molecular weight is 438 g/mol. The largest absolute Gasteiger partial charge is 0.383 e. The molecular formula is C19H27N5O5S. The fraction of sp³-hybridized carbons (Fsp3) is 0.474. The molecule has 2 heterocycles. The molecule has 2 amide bonds. The number of carbonyl (C=O) groups is 2. The topological polar surface area (TPSA) is 140 Å². The molecule has 2 aromatic heterocycles. The quantitative estimate of drug-likeness (QED) is 0.444. The van der Waals surface area contributed by atoms with E-state index in [0.717, 1.165) is 0 Å². The van der Waals surface area contributed by atoms with Gasteiger partial charge in [0.15, 0.2) is 5.69 Å². The van der Waals surface area contributed by atoms with Gasteiger partial charge in [0.05, 0.1) is 11.5 Å². The number of ether oxygens (including phenoxy) is 1. The van der Waals surface area contributed by atoms with Crippen molar-refractivity contribution in [2.24, 2.45) is 0 Å². The number of nitrogens with two attached hydrogens (primary N) is 1. The molecule has 0 fully saturated rings. The zero-order valence-corrected chi connectivity index (χ0v) is 17.9. The first-order valence-electron chi connectivity index (χ1n) is 9.64. The third-order valence-electron chi connectivity index (χ3n) is 4.35. The number of hydrogen-bond donors (Lipinski definition) is 3. The van der Waals surface area contributed by atoms with Crippen LogP contribution in [0.25, 0.3) is 0 Å². The lowest BCUT2D eigenvalue weighted by Crippen LogP contribution is -2.42. The van der Waals surface area contributed by atoms with E-state index in [2.05, 4.69) is 10.3 Å². The highest BCUT2D eigenvalue weighted by Gasteiger charge is 2.23. The molecule has 2 rings (SSSR count). The van der Waals surface area contributed by atoms with E-state index in [1.54, 1.807) is 12.1 Å². The van der Waals surface area contributed by atoms with Gasteiger partial charge in [-0.15, -0.1) is 11.3 Å². The number of nitrogens with zero attached hydrogens (tertiary/aromatic N) is 2. The molecule has 0 aliphatic carbocycles. The van der Waals surface area contributed by atoms with Crippen LogP contribution in [0.1, 0.15) is 35.9 Å². The Kier molecular flexibility index (Phi) is 8.81. The van der Waals surface area contributed by atoms with Gasteiger partial charge in [-0.3, -0.25) is 23.9 Å². The summed E-state index contributed by atoms with van der Waals surface area (Å²) >= 11 is 1.34. The van der Waals surface area contributed by atoms with Crippen molar-refractivity contribution in [2.75, 3.05) is 37.4 Å². The first kappa shape index (κ1) is 23.4. The molecule has 0 atom stereocenters. The van der Waals surface area contributed by atoms with Crippen LogP contribution in [-0.4, -0.2) is 48.2 Å². The van der Waals surface area contributed by atoms with E-state index < -0.39 is 11.2 Å². The summed E-state index contributed by atoms with van der Waals surface area (Å²) in [6.07, 6.45) is 1.09. The van der Waals surface area contributed by atoms with Crippen LogP contribution in [0.3, 0.4) is 0 Å². The van der Waals surface area contributed by atoms with E-state index >= 15 is 0 Å². The molecule has 0 radical (unpaired) electrons. The van der Waals surface area contributed by atoms with Gasteiger partial charge in [-0.2, -0.15) is 0 Å². The predicted octanol–water partition coefficient (Wildman–Crippen LogP) is 0.780. The lowest BCUT2D eigenvalue weighted by Gasteiger charge is -2.24. The molecule has 0 bridgehead atoms. The van der Waals surface area contributed by atoms with Crippen LogP contribution in [0.2, 0.25) is 0 Å². The van der Waals surface area contributed by atoms with Crippen LogP contribution >= 0.6 is 11.3 Å². The maximum atomic E-state index is 12.8. The zero-order valence-electron chi connectivity index (χ0n) is 17.1. The summed E-state index contributed by atoms with van der Waals surface area (Å²) in [7, 11) is 1.48. The summed E-state index contributed by atoms with van der Waals surface area (Å²) < 4.78 is 6.29. The van der Waals surface area contributed by atoms with E-state index in [9.17, 15) is 19.2 Å². The van der Waals surface area contributed by atoms with Crippen molar-refractivity contribution >= 4 is 34.7 Å². The Morgan fingerprint density at radius 3 is 2.77 bits per heavy atom. The number of aromatic nitrogens is 2. The Morgan fingerprint density at radius 2 is 2.13 bits per heavy atom. The second-order valence-electron chi connectivity index (χ2n) is 6.52. The number of nitrogen functional groups attached to an aromatic ring is 1. The maximum Gasteiger partial charge on any atom is 0.330 e. The van der Waals surface area contributed by atoms with Gasteiger partial charge in [-0.05, 0) is 24.3 Å². The molecule has 0 saturated heterocycles. The third-order valence-corrected chi connectivity index (χ3v) is 5.22. The van der Waals surface area contributed by atoms with Crippen molar-refractivity contribution in [2.45, 2.75) is 32.7 Å². The van der Waals surface area contributed by atoms with Gasteiger partial charge >= 0.3 is 5.69 Å². The number of thiophene rings is 1. The van der Waals surface area contributed by atoms with Crippen molar-refractivity contribution in [1.29, 1.82) is 0 Å². The normalized spacial score (nSPS) is 10.7. The zero-order chi connectivity index (χ0) is 22.1. The van der Waals surface area contributed by atoms with Crippen LogP contribution in [-0.2, 0) is 16.1 Å². The molecule has 164 valence electrons. The Hall–Kier alpha value is -2.92. The molecule has 2 aromatic rings. The maximum absolute atomic E-state index is 12.8. The van der Waals surface area contributed by atoms with Crippen LogP contribution in [0.15, 0.2) is 27.1 Å². The Balaban J connectivity index is 2.12. The highest BCUT2D eigenvalue weighted by atomic mass is 32.1. The first-order valence-corrected chi connectivity index (χ1v) is 10.5. The minimum atomic E-state index is -0.722. The number of anilines is 2. The fourth-order valence-corrected chi connectivity index (χ4v) is 3.54. The number of methoxy groups -OCH3 is 1. The molecule has 4 N–H and O–H groups in total. The van der Waals surface area contributed by atoms with E-state index in [4.69, 9.17) is 10.5 Å². The molecule has 0 spiro atoms. The van der Waals surface area contributed by atoms with Crippen molar-refractivity contribution in [3.05, 3.63) is 43.2 Å². The van der Waals surface area contributed by atoms with Gasteiger partial charge in [0, 0.05) is 33.2 Å². The number of aromatic amines is 1. The van der Waals surface area contributed by atoms with Crippen molar-refractivity contribution < 1.29 is 14.3 Å². The molecule has 11 heteroatoms. The summed E-state index contributed by atoms with van der Waals surface area (Å²) in [6.45, 7) is 2.79. The van der Waals surface area contributed by atoms with Crippen molar-refractivity contribution in [1.82, 2.24) is 14.9 Å². The number of nitrogens with one attached hydrogen (secondary N) is 2. The number of hydrogen-bond acceptors (Lipinski definition) is 7. The second-order valence-corrected chi connectivity index (χ2v) is 7.47. The van der Waals surface area contributed by atoms with Gasteiger partial charge in [0.2, 0.25) is 5.91 Å². The second kappa shape index (κ2) is 11.3. The minimum absolute atomic E-state index is 0.0546. The molecule has 0 saturated carbocycles. The fourth-order valence-electron chi connectivity index (χ4n) is 2.90. The molecule has 0 aliphatic rings. The third kappa shape index (κ3) is 5.80. The van der Waals surface area contributed by atoms with Gasteiger partial charge in [-0.25, -0.2) is 4.79 Å². The number of H-pyrrole nitrogens is 1. The molecular weight excluding hydrogens is 410 g/mol. The standard InChI is InChI=1S/C19H27N5O5S/c1-3-9-24-16(20)15(18(27)22-19(24)28)23(10-11-29-2)14(25)7-4-8-21-17(26)13-6-5-12-30-13/h5-6,12H,3-4,7-11,20H2,1-2H3,(H,21,26)(H,22,27,28). The van der Waals surface area contributed by atoms with E-state index in [0.29, 0.717) is 30.8 Å². The molecule has 0 aliphatic heterocycles. The summed E-state index contributed by atoms with van der Waals surface area (Å²) in [5.41, 5.74) is 4.69. The smallest absolute Gasteiger partial charge is 0.330 e. The van der Waals surface area contributed by atoms with Gasteiger partial charge in [0.25, 0.3) is 11.5 Å². The summed E-state index contributed by atoms with van der Waals surface area (Å²) in [5.74, 6) is -0.599. The highest BCUT2D eigenvalue weighted by Crippen LogP contribution is 2.18. The molecule has 30 heavy (non-hydrogen) atoms. The summed E-state index contributed by atoms with van der Waals surface area (Å²) in [5, 5.41) is 4.57. The minimum Gasteiger partial charge on any atom is -0.383 e. The van der Waals surface area contributed by atoms with Crippen LogP contribution < -0.4 is 27.2 Å². The van der Waals surface area contributed by atoms with E-state index in [-0.39, 0.29) is 42.9 Å². The Bertz CT molecular complexity index is 967. The summed E-state index contributed by atoms with van der Waals surface area (Å²) in [4.78, 5) is 53.3. The SMILES string of the molecule is CCCn1c(N)c(N(CCOC)C(=O)CCCNC(=O)c2cccs2)c(=O)[nH]c1=O. The number of rotatable bonds is 11. The Labute approximate surface area is 177 Å². The van der Waals surface area contributed by atoms with E-state index in [1.165, 1.54) is 27.9 Å². The van der Waals surface area contributed by atoms with E-state index in [1.807, 2.05) is 12.3 Å². The van der Waals surface area contributed by atoms with Crippen LogP contribution in [0, 0.1) is 0 Å². The lowest BCUT2D eigenvalue weighted by atomic mass is 10.2. The van der Waals surface area contributed by atoms with Crippen molar-refractivity contribution in [3.63, 3.8) is 0 Å². The monoisotopic (exact) mass is 437 g/mol. The van der Waals surface area contributed by atoms with Gasteiger partial charge in [0.1, 0.15) is 5.82 Å². The van der Waals surface area contributed by atoms with Crippen molar-refractivity contribution in [3.8, 4) is 0 Å². The highest BCUT2D eigenvalue weighted by molar-refractivity contribution is 7.12. The number of amides is 2. The number of carbonyl (C=O) groups excluding carboxylic acids is 2.